The van der Waals surface area contributed by atoms with E-state index in [1.54, 1.807) is 6.92 Å². The van der Waals surface area contributed by atoms with Gasteiger partial charge in [0, 0.05) is 17.1 Å². The van der Waals surface area contributed by atoms with Crippen LogP contribution in [0.5, 0.6) is 0 Å². The average molecular weight is 1140 g/mol. The lowest BCUT2D eigenvalue weighted by atomic mass is 9.36. The number of nitrogens with zero attached hydrogens (tertiary/aromatic N) is 1. The molecule has 14 nitrogen and oxygen atoms in total. The van der Waals surface area contributed by atoms with Crippen molar-refractivity contribution in [2.45, 2.75) is 243 Å². The average Bonchev–Trinajstić information content (AvgIpc) is 4.15. The molecule has 2 aliphatic carbocycles. The molecule has 12 unspecified atom stereocenters. The number of hydrogen-bond donors (Lipinski definition) is 0. The minimum absolute atomic E-state index is 0.000847. The number of esters is 5. The largest absolute Gasteiger partial charge is 0.463 e. The second-order valence-electron chi connectivity index (χ2n) is 26.8. The van der Waals surface area contributed by atoms with E-state index in [9.17, 15) is 19.6 Å². The predicted octanol–water partition coefficient (Wildman–Crippen LogP) is 13.5. The Balaban J connectivity index is 2.02. The third-order valence-electron chi connectivity index (χ3n) is 21.2. The summed E-state index contributed by atoms with van der Waals surface area (Å²) in [5.74, 6) is -3.64. The van der Waals surface area contributed by atoms with Crippen LogP contribution in [0.25, 0.3) is 0 Å². The first-order chi connectivity index (χ1) is 35.4. The Bertz CT molecular complexity index is 2230. The zero-order valence-corrected chi connectivity index (χ0v) is 53.1. The smallest absolute Gasteiger partial charge is 0.347 e. The molecule has 0 radical (unpaired) electrons. The maximum Gasteiger partial charge on any atom is 0.347 e. The molecule has 4 rings (SSSR count). The molecule has 12 atom stereocenters. The van der Waals surface area contributed by atoms with Gasteiger partial charge in [-0.3, -0.25) is 24.1 Å². The molecule has 17 heteroatoms. The van der Waals surface area contributed by atoms with Gasteiger partial charge in [-0.1, -0.05) is 109 Å². The van der Waals surface area contributed by atoms with Crippen LogP contribution in [0.2, 0.25) is 0 Å². The SMILES string of the molecule is CCC(C(C)(C)CC(C)(C(=O)OC1CCOC1=O)C(C)(CC)C(C)(C)C(C)(C(=O)OC1(CC)CCCC1)C(C)(C)C(C)(C#N)CCC(=O)OOC)C(C)(CC(C)(C)SC(=S)SC)C(=O)OC(C)C1OC(=O)C2CC(C)CC21. The summed E-state index contributed by atoms with van der Waals surface area (Å²) < 4.78 is 31.4. The number of hydrogen-bond acceptors (Lipinski definition) is 17. The number of carbonyl (C=O) groups excluding carboxylic acids is 6. The summed E-state index contributed by atoms with van der Waals surface area (Å²) in [6.45, 7) is 35.5. The van der Waals surface area contributed by atoms with E-state index < -0.39 is 108 Å². The number of ether oxygens (including phenoxy) is 5. The van der Waals surface area contributed by atoms with Crippen molar-refractivity contribution < 1.29 is 62.2 Å². The number of fused-ring (bicyclic) bond motifs is 1. The number of thiocarbonyl (C=S) groups is 1. The second-order valence-corrected chi connectivity index (χ2v) is 30.6. The van der Waals surface area contributed by atoms with Gasteiger partial charge in [0.25, 0.3) is 0 Å². The molecule has 0 N–H and O–H groups in total. The van der Waals surface area contributed by atoms with Gasteiger partial charge in [-0.25, -0.2) is 9.59 Å². The van der Waals surface area contributed by atoms with Crippen LogP contribution in [0.3, 0.4) is 0 Å². The number of nitriles is 1. The molecule has 0 bridgehead atoms. The first kappa shape index (κ1) is 66.6. The molecular formula is C60H97NO13S3. The summed E-state index contributed by atoms with van der Waals surface area (Å²) in [5.41, 5.74) is -11.4. The van der Waals surface area contributed by atoms with Gasteiger partial charge in [-0.05, 0) is 145 Å². The molecule has 4 fully saturated rings. The third kappa shape index (κ3) is 12.6. The van der Waals surface area contributed by atoms with Gasteiger partial charge in [-0.2, -0.15) is 10.1 Å². The fourth-order valence-electron chi connectivity index (χ4n) is 15.6. The van der Waals surface area contributed by atoms with Crippen molar-refractivity contribution in [1.82, 2.24) is 0 Å². The minimum atomic E-state index is -1.61. The molecular weight excluding hydrogens is 1040 g/mol. The van der Waals surface area contributed by atoms with Crippen LogP contribution < -0.4 is 0 Å². The normalized spacial score (nSPS) is 26.4. The minimum Gasteiger partial charge on any atom is -0.463 e. The zero-order chi connectivity index (χ0) is 58.8. The maximum atomic E-state index is 16.1. The standard InChI is InChI=1S/C60H97NO13S3/c1-21-42(56(15,35-52(8,9)77-50(75)76-20)47(65)70-38(5)44-39-32-37(4)33-40(39)45(63)72-44)51(6,7)34-57(16,48(66)71-41-27-31-69-46(41)64)58(17,22-2)54(12,13)59(18,49(67)73-60(23-3)28-24-25-29-60)53(10,11)55(14,36-61)30-26-43(62)74-68-19/h37-42,44H,21-35H2,1-20H3. The van der Waals surface area contributed by atoms with Crippen molar-refractivity contribution in [2.75, 3.05) is 20.0 Å². The lowest BCUT2D eigenvalue weighted by molar-refractivity contribution is -0.256. The van der Waals surface area contributed by atoms with Gasteiger partial charge in [0.2, 0.25) is 6.10 Å². The summed E-state index contributed by atoms with van der Waals surface area (Å²) in [6, 6.07) is 2.54. The van der Waals surface area contributed by atoms with Crippen LogP contribution in [0.4, 0.5) is 0 Å². The zero-order valence-electron chi connectivity index (χ0n) is 50.6. The molecule has 0 aromatic carbocycles. The molecule has 0 aromatic rings. The van der Waals surface area contributed by atoms with E-state index in [1.165, 1.54) is 30.6 Å². The Labute approximate surface area is 476 Å². The van der Waals surface area contributed by atoms with Crippen LogP contribution >= 0.6 is 35.7 Å². The summed E-state index contributed by atoms with van der Waals surface area (Å²) in [7, 11) is 1.23. The van der Waals surface area contributed by atoms with Crippen LogP contribution in [0.15, 0.2) is 0 Å². The molecule has 0 amide bonds. The Morgan fingerprint density at radius 3 is 1.99 bits per heavy atom. The number of rotatable bonds is 26. The summed E-state index contributed by atoms with van der Waals surface area (Å²) in [4.78, 5) is 96.7. The number of thioether (sulfide) groups is 2. The van der Waals surface area contributed by atoms with Crippen molar-refractivity contribution in [3.8, 4) is 6.07 Å². The van der Waals surface area contributed by atoms with Gasteiger partial charge in [0.05, 0.1) is 53.8 Å². The van der Waals surface area contributed by atoms with E-state index in [0.717, 1.165) is 29.2 Å². The molecule has 0 aromatic heterocycles. The van der Waals surface area contributed by atoms with E-state index in [2.05, 4.69) is 40.7 Å². The monoisotopic (exact) mass is 1140 g/mol. The fraction of sp³-hybridized carbons (Fsp3) is 0.867. The molecule has 0 spiro atoms. The Hall–Kier alpha value is -2.94. The lowest BCUT2D eigenvalue weighted by Crippen LogP contribution is -2.67. The Kier molecular flexibility index (Phi) is 21.3. The van der Waals surface area contributed by atoms with Gasteiger partial charge in [0.1, 0.15) is 21.3 Å². The Morgan fingerprint density at radius 2 is 1.48 bits per heavy atom. The van der Waals surface area contributed by atoms with E-state index in [-0.39, 0.29) is 50.1 Å². The van der Waals surface area contributed by atoms with Crippen LogP contribution in [-0.2, 0) is 62.2 Å². The number of carbonyl (C=O) groups is 6. The van der Waals surface area contributed by atoms with Gasteiger partial charge >= 0.3 is 35.8 Å². The predicted molar refractivity (Wildman–Crippen MR) is 305 cm³/mol. The molecule has 4 aliphatic rings. The first-order valence-corrected chi connectivity index (χ1v) is 30.8. The second kappa shape index (κ2) is 24.6. The number of cyclic esters (lactones) is 2. The van der Waals surface area contributed by atoms with Crippen molar-refractivity contribution in [3.63, 3.8) is 0 Å². The molecule has 2 saturated heterocycles. The van der Waals surface area contributed by atoms with Gasteiger partial charge in [-0.15, -0.1) is 23.5 Å². The van der Waals surface area contributed by atoms with Crippen LogP contribution in [0, 0.1) is 78.3 Å². The van der Waals surface area contributed by atoms with E-state index in [1.807, 2.05) is 89.3 Å². The molecule has 438 valence electrons. The van der Waals surface area contributed by atoms with Crippen molar-refractivity contribution in [1.29, 1.82) is 5.26 Å². The van der Waals surface area contributed by atoms with E-state index >= 15 is 14.4 Å². The van der Waals surface area contributed by atoms with Crippen molar-refractivity contribution >= 4 is 75.1 Å². The molecule has 2 saturated carbocycles. The van der Waals surface area contributed by atoms with Crippen LogP contribution in [0.1, 0.15) is 215 Å². The molecule has 2 heterocycles. The summed E-state index contributed by atoms with van der Waals surface area (Å²) >= 11 is 8.77. The highest BCUT2D eigenvalue weighted by Gasteiger charge is 2.73. The Morgan fingerprint density at radius 1 is 0.870 bits per heavy atom. The van der Waals surface area contributed by atoms with E-state index in [0.29, 0.717) is 44.4 Å². The summed E-state index contributed by atoms with van der Waals surface area (Å²) in [6.07, 6.45) is 5.81. The first-order valence-electron chi connectivity index (χ1n) is 28.3. The van der Waals surface area contributed by atoms with Gasteiger partial charge < -0.3 is 23.7 Å². The van der Waals surface area contributed by atoms with Crippen molar-refractivity contribution in [2.24, 2.45) is 67.0 Å². The highest BCUT2D eigenvalue weighted by atomic mass is 32.2. The third-order valence-corrected chi connectivity index (χ3v) is 23.9. The van der Waals surface area contributed by atoms with Crippen molar-refractivity contribution in [3.05, 3.63) is 0 Å². The van der Waals surface area contributed by atoms with Crippen LogP contribution in [-0.4, -0.2) is 88.0 Å². The maximum absolute atomic E-state index is 16.1. The highest BCUT2D eigenvalue weighted by molar-refractivity contribution is 8.47. The van der Waals surface area contributed by atoms with Gasteiger partial charge in [0.15, 0.2) is 0 Å². The van der Waals surface area contributed by atoms with E-state index in [4.69, 9.17) is 45.7 Å². The topological polar surface area (TPSA) is 191 Å². The molecule has 2 aliphatic heterocycles. The molecule has 77 heavy (non-hydrogen) atoms. The summed E-state index contributed by atoms with van der Waals surface area (Å²) in [5, 5.41) is 11.4. The fourth-order valence-corrected chi connectivity index (χ4v) is 18.1. The quantitative estimate of drug-likeness (QED) is 0.0261. The highest BCUT2D eigenvalue weighted by Crippen LogP contribution is 2.72. The lowest BCUT2D eigenvalue weighted by Gasteiger charge is -2.66.